The number of benzene rings is 1. The molecule has 0 aliphatic rings. The van der Waals surface area contributed by atoms with Crippen LogP contribution in [-0.2, 0) is 4.74 Å². The molecule has 72 valence electrons. The van der Waals surface area contributed by atoms with E-state index in [2.05, 4.69) is 17.4 Å². The lowest BCUT2D eigenvalue weighted by atomic mass is 10.1. The fourth-order valence-electron chi connectivity index (χ4n) is 0.988. The van der Waals surface area contributed by atoms with Crippen molar-refractivity contribution in [2.24, 2.45) is 0 Å². The lowest BCUT2D eigenvalue weighted by molar-refractivity contribution is 0.0593. The van der Waals surface area contributed by atoms with Crippen molar-refractivity contribution < 1.29 is 14.6 Å². The highest BCUT2D eigenvalue weighted by molar-refractivity contribution is 7.80. The minimum absolute atomic E-state index is 0.0326. The fourth-order valence-corrected chi connectivity index (χ4v) is 1.33. The second-order valence-electron chi connectivity index (χ2n) is 2.49. The molecule has 1 N–H and O–H groups in total. The van der Waals surface area contributed by atoms with Crippen LogP contribution in [0.15, 0.2) is 17.0 Å². The maximum absolute atomic E-state index is 11.1. The van der Waals surface area contributed by atoms with E-state index in [4.69, 9.17) is 5.26 Å². The second-order valence-corrected chi connectivity index (χ2v) is 2.97. The smallest absolute Gasteiger partial charge is 0.342 e. The van der Waals surface area contributed by atoms with Crippen LogP contribution in [0.1, 0.15) is 15.9 Å². The van der Waals surface area contributed by atoms with Crippen LogP contribution in [0.25, 0.3) is 0 Å². The Kier molecular flexibility index (Phi) is 2.99. The van der Waals surface area contributed by atoms with Gasteiger partial charge in [0.05, 0.1) is 18.7 Å². The van der Waals surface area contributed by atoms with E-state index in [9.17, 15) is 9.90 Å². The maximum Gasteiger partial charge on any atom is 0.342 e. The number of phenols is 1. The third kappa shape index (κ3) is 1.80. The zero-order valence-electron chi connectivity index (χ0n) is 7.31. The highest BCUT2D eigenvalue weighted by atomic mass is 32.1. The summed E-state index contributed by atoms with van der Waals surface area (Å²) in [5, 5.41) is 18.0. The van der Waals surface area contributed by atoms with Gasteiger partial charge < -0.3 is 9.84 Å². The standard InChI is InChI=1S/C9H7NO3S/c1-13-9(12)8-6(11)2-5(4-10)3-7(8)14/h2-3,11,14H,1H3. The van der Waals surface area contributed by atoms with E-state index >= 15 is 0 Å². The van der Waals surface area contributed by atoms with Crippen LogP contribution in [0.2, 0.25) is 0 Å². The third-order valence-electron chi connectivity index (χ3n) is 1.62. The van der Waals surface area contributed by atoms with E-state index in [-0.39, 0.29) is 21.8 Å². The molecular formula is C9H7NO3S. The molecule has 0 atom stereocenters. The number of ether oxygens (including phenoxy) is 1. The Morgan fingerprint density at radius 1 is 1.64 bits per heavy atom. The van der Waals surface area contributed by atoms with Crippen LogP contribution in [0.5, 0.6) is 5.75 Å². The number of methoxy groups -OCH3 is 1. The first-order valence-corrected chi connectivity index (χ1v) is 4.09. The Labute approximate surface area is 86.1 Å². The van der Waals surface area contributed by atoms with E-state index in [0.717, 1.165) is 0 Å². The third-order valence-corrected chi connectivity index (χ3v) is 1.97. The molecule has 0 saturated carbocycles. The van der Waals surface area contributed by atoms with Crippen molar-refractivity contribution >= 4 is 18.6 Å². The molecule has 0 fully saturated rings. The predicted octanol–water partition coefficient (Wildman–Crippen LogP) is 1.34. The average molecular weight is 209 g/mol. The minimum atomic E-state index is -0.683. The van der Waals surface area contributed by atoms with Crippen LogP contribution in [0, 0.1) is 11.3 Å². The Bertz CT molecular complexity index is 400. The minimum Gasteiger partial charge on any atom is -0.507 e. The number of phenolic OH excluding ortho intramolecular Hbond substituents is 1. The molecule has 0 spiro atoms. The second kappa shape index (κ2) is 4.03. The molecule has 0 aromatic heterocycles. The normalized spacial score (nSPS) is 9.21. The summed E-state index contributed by atoms with van der Waals surface area (Å²) in [6.07, 6.45) is 0. The van der Waals surface area contributed by atoms with E-state index in [1.54, 1.807) is 0 Å². The van der Waals surface area contributed by atoms with Crippen molar-refractivity contribution in [3.8, 4) is 11.8 Å². The summed E-state index contributed by atoms with van der Waals surface area (Å²) in [5.74, 6) is -0.988. The summed E-state index contributed by atoms with van der Waals surface area (Å²) >= 11 is 3.97. The molecule has 1 aromatic rings. The zero-order chi connectivity index (χ0) is 10.7. The molecule has 1 rings (SSSR count). The Morgan fingerprint density at radius 3 is 2.71 bits per heavy atom. The Hall–Kier alpha value is -1.67. The summed E-state index contributed by atoms with van der Waals surface area (Å²) in [7, 11) is 1.20. The van der Waals surface area contributed by atoms with Crippen molar-refractivity contribution in [2.45, 2.75) is 4.90 Å². The van der Waals surface area contributed by atoms with Gasteiger partial charge in [0.25, 0.3) is 0 Å². The number of nitrogens with zero attached hydrogens (tertiary/aromatic N) is 1. The first-order valence-electron chi connectivity index (χ1n) is 3.64. The van der Waals surface area contributed by atoms with Crippen molar-refractivity contribution in [2.75, 3.05) is 7.11 Å². The number of esters is 1. The van der Waals surface area contributed by atoms with Crippen molar-refractivity contribution in [1.29, 1.82) is 5.26 Å². The molecule has 1 aromatic carbocycles. The van der Waals surface area contributed by atoms with Crippen LogP contribution in [0.3, 0.4) is 0 Å². The Balaban J connectivity index is 3.34. The van der Waals surface area contributed by atoms with Crippen LogP contribution >= 0.6 is 12.6 Å². The highest BCUT2D eigenvalue weighted by Gasteiger charge is 2.16. The SMILES string of the molecule is COC(=O)c1c(O)cc(C#N)cc1S. The molecule has 0 heterocycles. The topological polar surface area (TPSA) is 70.3 Å². The summed E-state index contributed by atoms with van der Waals surface area (Å²) in [5.41, 5.74) is 0.204. The van der Waals surface area contributed by atoms with Crippen LogP contribution in [0.4, 0.5) is 0 Å². The van der Waals surface area contributed by atoms with Gasteiger partial charge >= 0.3 is 5.97 Å². The van der Waals surface area contributed by atoms with Gasteiger partial charge in [-0.1, -0.05) is 0 Å². The fraction of sp³-hybridized carbons (Fsp3) is 0.111. The number of carbonyl (C=O) groups is 1. The number of carbonyl (C=O) groups excluding carboxylic acids is 1. The molecule has 5 heteroatoms. The molecule has 0 saturated heterocycles. The first-order chi connectivity index (χ1) is 6.60. The van der Waals surface area contributed by atoms with Gasteiger partial charge in [-0.3, -0.25) is 0 Å². The van der Waals surface area contributed by atoms with Gasteiger partial charge in [0.1, 0.15) is 11.3 Å². The number of rotatable bonds is 1. The Morgan fingerprint density at radius 2 is 2.29 bits per heavy atom. The van der Waals surface area contributed by atoms with Gasteiger partial charge in [0, 0.05) is 4.90 Å². The van der Waals surface area contributed by atoms with Crippen molar-refractivity contribution in [3.63, 3.8) is 0 Å². The van der Waals surface area contributed by atoms with Gasteiger partial charge in [0.2, 0.25) is 0 Å². The molecule has 0 radical (unpaired) electrons. The van der Waals surface area contributed by atoms with Crippen LogP contribution < -0.4 is 0 Å². The van der Waals surface area contributed by atoms with Crippen molar-refractivity contribution in [1.82, 2.24) is 0 Å². The first kappa shape index (κ1) is 10.4. The van der Waals surface area contributed by atoms with E-state index < -0.39 is 5.97 Å². The predicted molar refractivity (Wildman–Crippen MR) is 51.4 cm³/mol. The average Bonchev–Trinajstić information content (AvgIpc) is 2.16. The number of aromatic hydroxyl groups is 1. The zero-order valence-corrected chi connectivity index (χ0v) is 8.21. The lowest BCUT2D eigenvalue weighted by Gasteiger charge is -2.05. The van der Waals surface area contributed by atoms with Gasteiger partial charge in [-0.2, -0.15) is 5.26 Å². The molecule has 0 unspecified atom stereocenters. The molecule has 0 amide bonds. The van der Waals surface area contributed by atoms with E-state index in [1.165, 1.54) is 19.2 Å². The number of hydrogen-bond donors (Lipinski definition) is 2. The molecule has 14 heavy (non-hydrogen) atoms. The highest BCUT2D eigenvalue weighted by Crippen LogP contribution is 2.26. The van der Waals surface area contributed by atoms with Crippen molar-refractivity contribution in [3.05, 3.63) is 23.3 Å². The largest absolute Gasteiger partial charge is 0.507 e. The molecule has 0 aliphatic carbocycles. The van der Waals surface area contributed by atoms with Gasteiger partial charge in [-0.05, 0) is 12.1 Å². The number of nitriles is 1. The lowest BCUT2D eigenvalue weighted by Crippen LogP contribution is -2.03. The van der Waals surface area contributed by atoms with Crippen LogP contribution in [-0.4, -0.2) is 18.2 Å². The van der Waals surface area contributed by atoms with Gasteiger partial charge in [0.15, 0.2) is 0 Å². The number of thiol groups is 1. The monoisotopic (exact) mass is 209 g/mol. The van der Waals surface area contributed by atoms with Gasteiger partial charge in [-0.25, -0.2) is 4.79 Å². The van der Waals surface area contributed by atoms with E-state index in [1.807, 2.05) is 6.07 Å². The van der Waals surface area contributed by atoms with E-state index in [0.29, 0.717) is 0 Å². The maximum atomic E-state index is 11.1. The molecular weight excluding hydrogens is 202 g/mol. The number of hydrogen-bond acceptors (Lipinski definition) is 5. The molecule has 0 aliphatic heterocycles. The summed E-state index contributed by atoms with van der Waals surface area (Å²) in [6.45, 7) is 0. The molecule has 0 bridgehead atoms. The van der Waals surface area contributed by atoms with Gasteiger partial charge in [-0.15, -0.1) is 12.6 Å². The quantitative estimate of drug-likeness (QED) is 0.541. The summed E-state index contributed by atoms with van der Waals surface area (Å²) in [4.78, 5) is 11.4. The summed E-state index contributed by atoms with van der Waals surface area (Å²) < 4.78 is 4.44. The molecule has 4 nitrogen and oxygen atoms in total. The summed E-state index contributed by atoms with van der Waals surface area (Å²) in [6, 6.07) is 4.40.